The topological polar surface area (TPSA) is 71.1 Å². The molecule has 0 saturated heterocycles. The highest BCUT2D eigenvalue weighted by Crippen LogP contribution is 2.28. The summed E-state index contributed by atoms with van der Waals surface area (Å²) in [7, 11) is 5.71. The van der Waals surface area contributed by atoms with Crippen molar-refractivity contribution in [3.05, 3.63) is 63.3 Å². The Morgan fingerprint density at radius 2 is 1.54 bits per heavy atom. The van der Waals surface area contributed by atoms with Crippen LogP contribution in [-0.4, -0.2) is 34.4 Å². The van der Waals surface area contributed by atoms with Crippen LogP contribution >= 0.6 is 0 Å². The summed E-state index contributed by atoms with van der Waals surface area (Å²) in [6, 6.07) is 10.2. The predicted molar refractivity (Wildman–Crippen MR) is 99.1 cm³/mol. The van der Waals surface area contributed by atoms with Gasteiger partial charge >= 0.3 is 5.97 Å². The van der Waals surface area contributed by atoms with Crippen LogP contribution in [0.15, 0.2) is 41.2 Å². The summed E-state index contributed by atoms with van der Waals surface area (Å²) in [6.07, 6.45) is 3.42. The molecule has 26 heavy (non-hydrogen) atoms. The molecular formula is C20H20O6. The van der Waals surface area contributed by atoms with E-state index in [1.54, 1.807) is 50.6 Å². The van der Waals surface area contributed by atoms with Crippen LogP contribution in [0.3, 0.4) is 0 Å². The number of esters is 1. The van der Waals surface area contributed by atoms with E-state index in [0.29, 0.717) is 17.1 Å². The van der Waals surface area contributed by atoms with E-state index in [-0.39, 0.29) is 11.3 Å². The van der Waals surface area contributed by atoms with Gasteiger partial charge < -0.3 is 18.9 Å². The quantitative estimate of drug-likeness (QED) is 0.741. The van der Waals surface area contributed by atoms with Crippen LogP contribution in [0.25, 0.3) is 12.2 Å². The van der Waals surface area contributed by atoms with E-state index in [4.69, 9.17) is 18.9 Å². The molecule has 0 bridgehead atoms. The first-order chi connectivity index (χ1) is 12.5. The van der Waals surface area contributed by atoms with E-state index in [0.717, 1.165) is 5.56 Å². The van der Waals surface area contributed by atoms with Crippen LogP contribution in [-0.2, 0) is 4.74 Å². The standard InChI is InChI=1S/C20H20O6/c1-23-15-11-9-13(12-17(15)25-3)8-10-14-6-5-7-16(24-2)19(21)18(14)20(22)26-4/h5-12H,1-4H3. The first-order valence-corrected chi connectivity index (χ1v) is 7.75. The zero-order chi connectivity index (χ0) is 19.1. The summed E-state index contributed by atoms with van der Waals surface area (Å²) in [4.78, 5) is 24.6. The molecule has 0 atom stereocenters. The highest BCUT2D eigenvalue weighted by Gasteiger charge is 2.16. The number of rotatable bonds is 6. The highest BCUT2D eigenvalue weighted by atomic mass is 16.5. The van der Waals surface area contributed by atoms with Crippen molar-refractivity contribution < 1.29 is 23.7 Å². The van der Waals surface area contributed by atoms with Crippen molar-refractivity contribution in [3.8, 4) is 17.2 Å². The molecule has 0 spiro atoms. The van der Waals surface area contributed by atoms with Gasteiger partial charge in [0.2, 0.25) is 5.43 Å². The largest absolute Gasteiger partial charge is 0.493 e. The molecule has 6 nitrogen and oxygen atoms in total. The summed E-state index contributed by atoms with van der Waals surface area (Å²) in [5, 5.41) is 0. The van der Waals surface area contributed by atoms with E-state index in [2.05, 4.69) is 0 Å². The molecular weight excluding hydrogens is 336 g/mol. The molecule has 0 saturated carbocycles. The molecule has 0 heterocycles. The Balaban J connectivity index is 2.54. The van der Waals surface area contributed by atoms with Crippen molar-refractivity contribution in [2.24, 2.45) is 0 Å². The lowest BCUT2D eigenvalue weighted by atomic mass is 10.1. The first-order valence-electron chi connectivity index (χ1n) is 7.75. The Morgan fingerprint density at radius 1 is 0.846 bits per heavy atom. The molecule has 2 aromatic rings. The van der Waals surface area contributed by atoms with Gasteiger partial charge in [-0.05, 0) is 29.3 Å². The maximum atomic E-state index is 12.5. The van der Waals surface area contributed by atoms with E-state index in [1.165, 1.54) is 20.3 Å². The number of methoxy groups -OCH3 is 4. The molecule has 136 valence electrons. The number of hydrogen-bond donors (Lipinski definition) is 0. The van der Waals surface area contributed by atoms with Crippen molar-refractivity contribution in [2.75, 3.05) is 28.4 Å². The lowest BCUT2D eigenvalue weighted by Gasteiger charge is -2.07. The first kappa shape index (κ1) is 19.1. The monoisotopic (exact) mass is 356 g/mol. The summed E-state index contributed by atoms with van der Waals surface area (Å²) < 4.78 is 20.3. The van der Waals surface area contributed by atoms with E-state index in [9.17, 15) is 9.59 Å². The van der Waals surface area contributed by atoms with Gasteiger partial charge in [-0.2, -0.15) is 0 Å². The molecule has 0 N–H and O–H groups in total. The van der Waals surface area contributed by atoms with Crippen molar-refractivity contribution in [1.82, 2.24) is 0 Å². The molecule has 2 aromatic carbocycles. The molecule has 6 heteroatoms. The van der Waals surface area contributed by atoms with E-state index in [1.807, 2.05) is 6.07 Å². The summed E-state index contributed by atoms with van der Waals surface area (Å²) in [5.41, 5.74) is 0.603. The van der Waals surface area contributed by atoms with E-state index < -0.39 is 11.4 Å². The zero-order valence-electron chi connectivity index (χ0n) is 15.1. The molecule has 0 aromatic heterocycles. The second-order valence-corrected chi connectivity index (χ2v) is 5.19. The molecule has 0 aliphatic rings. The lowest BCUT2D eigenvalue weighted by molar-refractivity contribution is 0.0599. The average molecular weight is 356 g/mol. The lowest BCUT2D eigenvalue weighted by Crippen LogP contribution is -2.17. The Kier molecular flexibility index (Phi) is 6.38. The van der Waals surface area contributed by atoms with E-state index >= 15 is 0 Å². The molecule has 0 aliphatic carbocycles. The third kappa shape index (κ3) is 4.03. The number of ether oxygens (including phenoxy) is 4. The van der Waals surface area contributed by atoms with Gasteiger partial charge in [0.1, 0.15) is 5.56 Å². The normalized spacial score (nSPS) is 10.5. The van der Waals surface area contributed by atoms with Crippen LogP contribution < -0.4 is 19.6 Å². The second-order valence-electron chi connectivity index (χ2n) is 5.19. The SMILES string of the molecule is COC(=O)c1c(C=Cc2ccc(OC)c(OC)c2)cccc(OC)c1=O. The van der Waals surface area contributed by atoms with Crippen molar-refractivity contribution in [1.29, 1.82) is 0 Å². The van der Waals surface area contributed by atoms with Crippen LogP contribution in [0.5, 0.6) is 17.2 Å². The fraction of sp³-hybridized carbons (Fsp3) is 0.200. The summed E-state index contributed by atoms with van der Waals surface area (Å²) in [5.74, 6) is 0.526. The van der Waals surface area contributed by atoms with Crippen LogP contribution in [0.2, 0.25) is 0 Å². The van der Waals surface area contributed by atoms with Crippen molar-refractivity contribution in [3.63, 3.8) is 0 Å². The van der Waals surface area contributed by atoms with Gasteiger partial charge in [-0.3, -0.25) is 4.79 Å². The predicted octanol–water partition coefficient (Wildman–Crippen LogP) is 3.03. The smallest absolute Gasteiger partial charge is 0.342 e. The van der Waals surface area contributed by atoms with Gasteiger partial charge in [-0.1, -0.05) is 30.4 Å². The van der Waals surface area contributed by atoms with Gasteiger partial charge in [0, 0.05) is 0 Å². The molecule has 0 fully saturated rings. The Labute approximate surface area is 151 Å². The minimum atomic E-state index is -0.725. The fourth-order valence-electron chi connectivity index (χ4n) is 2.41. The fourth-order valence-corrected chi connectivity index (χ4v) is 2.41. The second kappa shape index (κ2) is 8.71. The minimum Gasteiger partial charge on any atom is -0.493 e. The maximum Gasteiger partial charge on any atom is 0.342 e. The molecule has 0 amide bonds. The van der Waals surface area contributed by atoms with Gasteiger partial charge in [0.05, 0.1) is 28.4 Å². The average Bonchev–Trinajstić information content (AvgIpc) is 2.83. The number of carbonyl (C=O) groups excluding carboxylic acids is 1. The van der Waals surface area contributed by atoms with Crippen LogP contribution in [0.4, 0.5) is 0 Å². The maximum absolute atomic E-state index is 12.5. The summed E-state index contributed by atoms with van der Waals surface area (Å²) in [6.45, 7) is 0. The number of carbonyl (C=O) groups is 1. The van der Waals surface area contributed by atoms with Crippen LogP contribution in [0, 0.1) is 0 Å². The van der Waals surface area contributed by atoms with Gasteiger partial charge in [-0.25, -0.2) is 4.79 Å². The van der Waals surface area contributed by atoms with Crippen molar-refractivity contribution >= 4 is 18.1 Å². The third-order valence-corrected chi connectivity index (χ3v) is 3.74. The molecule has 2 rings (SSSR count). The minimum absolute atomic E-state index is 0.0659. The highest BCUT2D eigenvalue weighted by molar-refractivity contribution is 5.95. The van der Waals surface area contributed by atoms with Gasteiger partial charge in [-0.15, -0.1) is 0 Å². The third-order valence-electron chi connectivity index (χ3n) is 3.74. The van der Waals surface area contributed by atoms with Crippen LogP contribution in [0.1, 0.15) is 21.5 Å². The summed E-state index contributed by atoms with van der Waals surface area (Å²) >= 11 is 0. The number of hydrogen-bond acceptors (Lipinski definition) is 6. The Hall–Kier alpha value is -3.28. The van der Waals surface area contributed by atoms with Gasteiger partial charge in [0.15, 0.2) is 17.2 Å². The Bertz CT molecular complexity index is 886. The van der Waals surface area contributed by atoms with Crippen molar-refractivity contribution in [2.45, 2.75) is 0 Å². The van der Waals surface area contributed by atoms with Gasteiger partial charge in [0.25, 0.3) is 0 Å². The number of benzene rings is 1. The zero-order valence-corrected chi connectivity index (χ0v) is 15.1. The molecule has 0 unspecified atom stereocenters. The molecule has 0 radical (unpaired) electrons. The molecule has 0 aliphatic heterocycles. The Morgan fingerprint density at radius 3 is 2.15 bits per heavy atom.